The molecule has 0 bridgehead atoms. The Bertz CT molecular complexity index is 1350. The minimum atomic E-state index is -0.536. The molecule has 2 heterocycles. The van der Waals surface area contributed by atoms with Gasteiger partial charge in [0.25, 0.3) is 5.91 Å². The van der Waals surface area contributed by atoms with E-state index in [2.05, 4.69) is 10.3 Å². The van der Waals surface area contributed by atoms with Crippen molar-refractivity contribution in [1.29, 1.82) is 5.26 Å². The molecule has 0 atom stereocenters. The standard InChI is InChI=1S/C24H16ClN3O2S/c1-15-7-8-18(13-20(15)25)28-24(29)17(14-26)12-19-9-10-22(30-19)31-21-6-2-4-16-5-3-11-27-23(16)21/h2-13H,1H3,(H,28,29)/b17-12+. The highest BCUT2D eigenvalue weighted by molar-refractivity contribution is 7.99. The molecule has 0 aliphatic heterocycles. The van der Waals surface area contributed by atoms with Crippen LogP contribution in [0.25, 0.3) is 17.0 Å². The van der Waals surface area contributed by atoms with E-state index in [4.69, 9.17) is 16.0 Å². The smallest absolute Gasteiger partial charge is 0.266 e. The fraction of sp³-hybridized carbons (Fsp3) is 0.0417. The highest BCUT2D eigenvalue weighted by Gasteiger charge is 2.13. The largest absolute Gasteiger partial charge is 0.450 e. The average molecular weight is 446 g/mol. The summed E-state index contributed by atoms with van der Waals surface area (Å²) in [4.78, 5) is 17.9. The molecule has 4 aromatic rings. The van der Waals surface area contributed by atoms with Gasteiger partial charge >= 0.3 is 0 Å². The van der Waals surface area contributed by atoms with Crippen molar-refractivity contribution in [3.8, 4) is 6.07 Å². The first-order valence-electron chi connectivity index (χ1n) is 9.34. The number of aryl methyl sites for hydroxylation is 1. The molecule has 152 valence electrons. The van der Waals surface area contributed by atoms with Crippen molar-refractivity contribution in [2.24, 2.45) is 0 Å². The number of amides is 1. The number of nitrogens with zero attached hydrogens (tertiary/aromatic N) is 2. The van der Waals surface area contributed by atoms with Crippen molar-refractivity contribution in [1.82, 2.24) is 4.98 Å². The third-order valence-corrected chi connectivity index (χ3v) is 5.87. The Morgan fingerprint density at radius 1 is 1.19 bits per heavy atom. The van der Waals surface area contributed by atoms with Crippen LogP contribution in [-0.2, 0) is 4.79 Å². The van der Waals surface area contributed by atoms with E-state index < -0.39 is 5.91 Å². The zero-order chi connectivity index (χ0) is 21.8. The zero-order valence-corrected chi connectivity index (χ0v) is 18.0. The fourth-order valence-corrected chi connectivity index (χ4v) is 3.98. The van der Waals surface area contributed by atoms with E-state index >= 15 is 0 Å². The third-order valence-electron chi connectivity index (χ3n) is 4.49. The highest BCUT2D eigenvalue weighted by atomic mass is 35.5. The molecule has 4 rings (SSSR count). The predicted molar refractivity (Wildman–Crippen MR) is 123 cm³/mol. The second-order valence-electron chi connectivity index (χ2n) is 6.68. The molecule has 5 nitrogen and oxygen atoms in total. The highest BCUT2D eigenvalue weighted by Crippen LogP contribution is 2.34. The van der Waals surface area contributed by atoms with Gasteiger partial charge in [0, 0.05) is 33.3 Å². The number of carbonyl (C=O) groups excluding carboxylic acids is 1. The monoisotopic (exact) mass is 445 g/mol. The fourth-order valence-electron chi connectivity index (χ4n) is 2.89. The molecule has 0 radical (unpaired) electrons. The number of nitrogens with one attached hydrogen (secondary N) is 1. The molecule has 0 aliphatic rings. The summed E-state index contributed by atoms with van der Waals surface area (Å²) in [7, 11) is 0. The van der Waals surface area contributed by atoms with Gasteiger partial charge in [-0.1, -0.05) is 35.9 Å². The molecule has 2 aromatic heterocycles. The normalized spacial score (nSPS) is 11.3. The number of hydrogen-bond acceptors (Lipinski definition) is 5. The van der Waals surface area contributed by atoms with Crippen LogP contribution in [-0.4, -0.2) is 10.9 Å². The predicted octanol–water partition coefficient (Wildman–Crippen LogP) is 6.49. The van der Waals surface area contributed by atoms with Gasteiger partial charge in [-0.15, -0.1) is 0 Å². The van der Waals surface area contributed by atoms with Crippen LogP contribution in [0, 0.1) is 18.3 Å². The molecule has 0 saturated heterocycles. The number of carbonyl (C=O) groups is 1. The quantitative estimate of drug-likeness (QED) is 0.280. The van der Waals surface area contributed by atoms with Crippen molar-refractivity contribution < 1.29 is 9.21 Å². The molecule has 1 N–H and O–H groups in total. The number of pyridine rings is 1. The minimum Gasteiger partial charge on any atom is -0.450 e. The molecule has 0 aliphatic carbocycles. The number of aromatic nitrogens is 1. The first-order valence-corrected chi connectivity index (χ1v) is 10.5. The number of halogens is 1. The second kappa shape index (κ2) is 9.09. The van der Waals surface area contributed by atoms with Crippen LogP contribution in [0.4, 0.5) is 5.69 Å². The summed E-state index contributed by atoms with van der Waals surface area (Å²) in [5.74, 6) is -0.129. The van der Waals surface area contributed by atoms with Crippen LogP contribution in [0.2, 0.25) is 5.02 Å². The number of hydrogen-bond donors (Lipinski definition) is 1. The molecule has 0 unspecified atom stereocenters. The number of benzene rings is 2. The van der Waals surface area contributed by atoms with Gasteiger partial charge in [-0.05, 0) is 60.6 Å². The van der Waals surface area contributed by atoms with Gasteiger partial charge in [0.05, 0.1) is 5.52 Å². The molecular weight excluding hydrogens is 430 g/mol. The third kappa shape index (κ3) is 4.80. The van der Waals surface area contributed by atoms with Crippen LogP contribution in [0.1, 0.15) is 11.3 Å². The van der Waals surface area contributed by atoms with Crippen molar-refractivity contribution in [3.05, 3.63) is 88.8 Å². The van der Waals surface area contributed by atoms with Crippen LogP contribution in [0.5, 0.6) is 0 Å². The van der Waals surface area contributed by atoms with E-state index in [0.717, 1.165) is 21.4 Å². The Kier molecular flexibility index (Phi) is 6.08. The number of fused-ring (bicyclic) bond motifs is 1. The molecule has 31 heavy (non-hydrogen) atoms. The Balaban J connectivity index is 1.52. The number of nitriles is 1. The molecule has 2 aromatic carbocycles. The van der Waals surface area contributed by atoms with E-state index in [1.165, 1.54) is 17.8 Å². The van der Waals surface area contributed by atoms with Gasteiger partial charge in [0.1, 0.15) is 17.4 Å². The summed E-state index contributed by atoms with van der Waals surface area (Å²) < 4.78 is 5.81. The number of para-hydroxylation sites is 1. The Labute approximate surface area is 188 Å². The van der Waals surface area contributed by atoms with Gasteiger partial charge in [-0.2, -0.15) is 5.26 Å². The molecule has 0 fully saturated rings. The van der Waals surface area contributed by atoms with Crippen LogP contribution in [0.3, 0.4) is 0 Å². The molecular formula is C24H16ClN3O2S. The minimum absolute atomic E-state index is 0.0746. The van der Waals surface area contributed by atoms with Crippen LogP contribution < -0.4 is 5.32 Å². The number of furan rings is 1. The van der Waals surface area contributed by atoms with E-state index in [-0.39, 0.29) is 5.57 Å². The maximum absolute atomic E-state index is 12.5. The lowest BCUT2D eigenvalue weighted by Gasteiger charge is -2.06. The molecule has 0 saturated carbocycles. The summed E-state index contributed by atoms with van der Waals surface area (Å²) in [6.07, 6.45) is 3.16. The van der Waals surface area contributed by atoms with Crippen molar-refractivity contribution in [2.75, 3.05) is 5.32 Å². The Hall–Kier alpha value is -3.53. The summed E-state index contributed by atoms with van der Waals surface area (Å²) in [6, 6.07) is 20.4. The second-order valence-corrected chi connectivity index (χ2v) is 8.13. The maximum atomic E-state index is 12.5. The van der Waals surface area contributed by atoms with Crippen molar-refractivity contribution >= 4 is 51.9 Å². The van der Waals surface area contributed by atoms with Gasteiger partial charge in [0.15, 0.2) is 5.09 Å². The molecule has 0 spiro atoms. The molecule has 7 heteroatoms. The lowest BCUT2D eigenvalue weighted by atomic mass is 10.2. The first kappa shape index (κ1) is 20.7. The number of rotatable bonds is 5. The van der Waals surface area contributed by atoms with E-state index in [0.29, 0.717) is 21.6 Å². The lowest BCUT2D eigenvalue weighted by Crippen LogP contribution is -2.13. The van der Waals surface area contributed by atoms with Crippen LogP contribution >= 0.6 is 23.4 Å². The van der Waals surface area contributed by atoms with Crippen molar-refractivity contribution in [2.45, 2.75) is 16.9 Å². The summed E-state index contributed by atoms with van der Waals surface area (Å²) in [6.45, 7) is 1.87. The van der Waals surface area contributed by atoms with Crippen LogP contribution in [0.15, 0.2) is 86.8 Å². The van der Waals surface area contributed by atoms with Crippen molar-refractivity contribution in [3.63, 3.8) is 0 Å². The zero-order valence-electron chi connectivity index (χ0n) is 16.4. The first-order chi connectivity index (χ1) is 15.0. The van der Waals surface area contributed by atoms with Gasteiger partial charge in [-0.3, -0.25) is 9.78 Å². The summed E-state index contributed by atoms with van der Waals surface area (Å²) >= 11 is 7.52. The summed E-state index contributed by atoms with van der Waals surface area (Å²) in [5, 5.41) is 14.3. The summed E-state index contributed by atoms with van der Waals surface area (Å²) in [5.41, 5.74) is 2.23. The Morgan fingerprint density at radius 3 is 2.84 bits per heavy atom. The van der Waals surface area contributed by atoms with E-state index in [9.17, 15) is 10.1 Å². The van der Waals surface area contributed by atoms with E-state index in [1.54, 1.807) is 36.5 Å². The average Bonchev–Trinajstić information content (AvgIpc) is 3.22. The van der Waals surface area contributed by atoms with Gasteiger partial charge in [0.2, 0.25) is 0 Å². The lowest BCUT2D eigenvalue weighted by molar-refractivity contribution is -0.112. The van der Waals surface area contributed by atoms with Gasteiger partial charge < -0.3 is 9.73 Å². The Morgan fingerprint density at radius 2 is 2.03 bits per heavy atom. The SMILES string of the molecule is Cc1ccc(NC(=O)/C(C#N)=C/c2ccc(Sc3cccc4cccnc34)o2)cc1Cl. The number of anilines is 1. The van der Waals surface area contributed by atoms with Gasteiger partial charge in [-0.25, -0.2) is 0 Å². The van der Waals surface area contributed by atoms with E-state index in [1.807, 2.05) is 43.3 Å². The topological polar surface area (TPSA) is 78.9 Å². The molecule has 1 amide bonds. The maximum Gasteiger partial charge on any atom is 0.266 e.